The van der Waals surface area contributed by atoms with Crippen LogP contribution < -0.4 is 5.73 Å². The molecule has 0 spiro atoms. The van der Waals surface area contributed by atoms with Crippen LogP contribution in [0, 0.1) is 10.1 Å². The van der Waals surface area contributed by atoms with Crippen LogP contribution in [0.1, 0.15) is 36.0 Å². The average Bonchev–Trinajstić information content (AvgIpc) is 2.83. The lowest BCUT2D eigenvalue weighted by molar-refractivity contribution is -0.385. The Bertz CT molecular complexity index is 569. The van der Waals surface area contributed by atoms with E-state index in [2.05, 4.69) is 4.98 Å². The maximum Gasteiger partial charge on any atom is 0.300 e. The van der Waals surface area contributed by atoms with E-state index in [9.17, 15) is 20.0 Å². The van der Waals surface area contributed by atoms with E-state index in [0.29, 0.717) is 12.8 Å². The van der Waals surface area contributed by atoms with Crippen LogP contribution in [0.2, 0.25) is 0 Å². The predicted octanol–water partition coefficient (Wildman–Crippen LogP) is 0.949. The van der Waals surface area contributed by atoms with Gasteiger partial charge < -0.3 is 15.7 Å². The smallest absolute Gasteiger partial charge is 0.300 e. The highest BCUT2D eigenvalue weighted by Crippen LogP contribution is 2.30. The third kappa shape index (κ3) is 3.27. The Labute approximate surface area is 121 Å². The van der Waals surface area contributed by atoms with Gasteiger partial charge in [0.25, 0.3) is 11.6 Å². The molecule has 2 rings (SSSR count). The highest BCUT2D eigenvalue weighted by Gasteiger charge is 2.34. The largest absolute Gasteiger partial charge is 0.388 e. The number of nitrogens with two attached hydrogens (primary N) is 1. The molecule has 1 amide bonds. The number of nitrogen functional groups attached to an aromatic ring is 1. The van der Waals surface area contributed by atoms with Crippen molar-refractivity contribution in [3.63, 3.8) is 0 Å². The molecule has 21 heavy (non-hydrogen) atoms. The van der Waals surface area contributed by atoms with Gasteiger partial charge in [0.15, 0.2) is 0 Å². The molecule has 3 N–H and O–H groups in total. The van der Waals surface area contributed by atoms with Gasteiger partial charge in [-0.1, -0.05) is 12.8 Å². The normalized spacial score (nSPS) is 16.7. The summed E-state index contributed by atoms with van der Waals surface area (Å²) in [6, 6.07) is 1.19. The summed E-state index contributed by atoms with van der Waals surface area (Å²) in [4.78, 5) is 27.6. The zero-order valence-electron chi connectivity index (χ0n) is 11.8. The minimum Gasteiger partial charge on any atom is -0.388 e. The molecule has 114 valence electrons. The van der Waals surface area contributed by atoms with E-state index in [4.69, 9.17) is 5.73 Å². The molecule has 8 heteroatoms. The topological polar surface area (TPSA) is 123 Å². The van der Waals surface area contributed by atoms with Gasteiger partial charge in [-0.25, -0.2) is 4.98 Å². The molecule has 0 atom stereocenters. The van der Waals surface area contributed by atoms with Crippen molar-refractivity contribution in [3.8, 4) is 0 Å². The quantitative estimate of drug-likeness (QED) is 0.629. The summed E-state index contributed by atoms with van der Waals surface area (Å²) in [5.74, 6) is -0.506. The highest BCUT2D eigenvalue weighted by atomic mass is 16.6. The van der Waals surface area contributed by atoms with Crippen molar-refractivity contribution in [2.24, 2.45) is 0 Å². The summed E-state index contributed by atoms with van der Waals surface area (Å²) in [7, 11) is 1.51. The van der Waals surface area contributed by atoms with Crippen LogP contribution >= 0.6 is 0 Å². The molecule has 1 fully saturated rings. The maximum absolute atomic E-state index is 12.4. The number of nitrogens with zero attached hydrogens (tertiary/aromatic N) is 3. The van der Waals surface area contributed by atoms with Crippen molar-refractivity contribution < 1.29 is 14.8 Å². The Kier molecular flexibility index (Phi) is 4.08. The predicted molar refractivity (Wildman–Crippen MR) is 75.7 cm³/mol. The average molecular weight is 294 g/mol. The summed E-state index contributed by atoms with van der Waals surface area (Å²) >= 11 is 0. The van der Waals surface area contributed by atoms with Gasteiger partial charge in [-0.05, 0) is 18.9 Å². The fraction of sp³-hybridized carbons (Fsp3) is 0.538. The molecule has 0 radical (unpaired) electrons. The molecule has 1 aromatic heterocycles. The second-order valence-corrected chi connectivity index (χ2v) is 5.48. The van der Waals surface area contributed by atoms with Crippen LogP contribution in [0.15, 0.2) is 12.3 Å². The standard InChI is InChI=1S/C13H18N4O4/c1-16(8-13(19)4-2-3-5-13)12(18)9-6-11(14)15-7-10(9)17(20)21/h6-7,19H,2-5,8H2,1H3,(H2,14,15). The zero-order valence-corrected chi connectivity index (χ0v) is 11.8. The molecule has 1 aromatic rings. The first-order valence-electron chi connectivity index (χ1n) is 6.70. The first kappa shape index (κ1) is 15.2. The Morgan fingerprint density at radius 3 is 2.76 bits per heavy atom. The number of pyridine rings is 1. The Hall–Kier alpha value is -2.22. The van der Waals surface area contributed by atoms with Crippen LogP contribution in [0.5, 0.6) is 0 Å². The molecule has 0 aliphatic heterocycles. The number of carbonyl (C=O) groups excluding carboxylic acids is 1. The van der Waals surface area contributed by atoms with E-state index in [1.807, 2.05) is 0 Å². The second-order valence-electron chi connectivity index (χ2n) is 5.48. The molecule has 1 heterocycles. The number of hydrogen-bond acceptors (Lipinski definition) is 6. The van der Waals surface area contributed by atoms with Crippen molar-refractivity contribution in [1.82, 2.24) is 9.88 Å². The molecule has 0 aromatic carbocycles. The van der Waals surface area contributed by atoms with Crippen LogP contribution in [0.25, 0.3) is 0 Å². The highest BCUT2D eigenvalue weighted by molar-refractivity contribution is 5.98. The lowest BCUT2D eigenvalue weighted by Crippen LogP contribution is -2.42. The van der Waals surface area contributed by atoms with Gasteiger partial charge in [0, 0.05) is 13.6 Å². The second kappa shape index (κ2) is 5.65. The summed E-state index contributed by atoms with van der Waals surface area (Å²) < 4.78 is 0. The van der Waals surface area contributed by atoms with E-state index >= 15 is 0 Å². The van der Waals surface area contributed by atoms with Crippen LogP contribution in [0.3, 0.4) is 0 Å². The Morgan fingerprint density at radius 2 is 2.19 bits per heavy atom. The number of aliphatic hydroxyl groups is 1. The molecule has 1 aliphatic rings. The van der Waals surface area contributed by atoms with E-state index in [-0.39, 0.29) is 23.6 Å². The van der Waals surface area contributed by atoms with Gasteiger partial charge in [0.2, 0.25) is 0 Å². The first-order valence-corrected chi connectivity index (χ1v) is 6.70. The Morgan fingerprint density at radius 1 is 1.57 bits per heavy atom. The minimum absolute atomic E-state index is 0.0388. The summed E-state index contributed by atoms with van der Waals surface area (Å²) in [5.41, 5.74) is 4.09. The van der Waals surface area contributed by atoms with Gasteiger partial charge in [-0.2, -0.15) is 0 Å². The molecule has 8 nitrogen and oxygen atoms in total. The number of likely N-dealkylation sites (N-methyl/N-ethyl adjacent to an activating group) is 1. The monoisotopic (exact) mass is 294 g/mol. The van der Waals surface area contributed by atoms with Crippen molar-refractivity contribution >= 4 is 17.4 Å². The zero-order chi connectivity index (χ0) is 15.6. The summed E-state index contributed by atoms with van der Waals surface area (Å²) in [5, 5.41) is 21.3. The minimum atomic E-state index is -0.905. The van der Waals surface area contributed by atoms with E-state index < -0.39 is 16.4 Å². The number of hydrogen-bond donors (Lipinski definition) is 2. The number of anilines is 1. The third-order valence-electron chi connectivity index (χ3n) is 3.74. The van der Waals surface area contributed by atoms with Crippen molar-refractivity contribution in [1.29, 1.82) is 0 Å². The fourth-order valence-corrected chi connectivity index (χ4v) is 2.69. The van der Waals surface area contributed by atoms with Gasteiger partial charge in [-0.15, -0.1) is 0 Å². The number of rotatable bonds is 4. The number of carbonyl (C=O) groups is 1. The van der Waals surface area contributed by atoms with Crippen molar-refractivity contribution in [3.05, 3.63) is 27.9 Å². The van der Waals surface area contributed by atoms with Crippen LogP contribution in [-0.4, -0.2) is 45.0 Å². The van der Waals surface area contributed by atoms with Gasteiger partial charge in [0.1, 0.15) is 17.6 Å². The van der Waals surface area contributed by atoms with Gasteiger partial charge in [-0.3, -0.25) is 14.9 Å². The molecule has 1 aliphatic carbocycles. The molecule has 0 bridgehead atoms. The molecular formula is C13H18N4O4. The van der Waals surface area contributed by atoms with Crippen LogP contribution in [0.4, 0.5) is 11.5 Å². The molecule has 1 saturated carbocycles. The molecular weight excluding hydrogens is 276 g/mol. The van der Waals surface area contributed by atoms with Gasteiger partial charge in [0.05, 0.1) is 10.5 Å². The molecule has 0 saturated heterocycles. The number of amides is 1. The van der Waals surface area contributed by atoms with Crippen LogP contribution in [-0.2, 0) is 0 Å². The lowest BCUT2D eigenvalue weighted by atomic mass is 10.0. The SMILES string of the molecule is CN(CC1(O)CCCC1)C(=O)c1cc(N)ncc1[N+](=O)[O-]. The number of nitro groups is 1. The summed E-state index contributed by atoms with van der Waals surface area (Å²) in [6.07, 6.45) is 4.07. The maximum atomic E-state index is 12.4. The number of aromatic nitrogens is 1. The van der Waals surface area contributed by atoms with Gasteiger partial charge >= 0.3 is 0 Å². The van der Waals surface area contributed by atoms with E-state index in [1.165, 1.54) is 18.0 Å². The van der Waals surface area contributed by atoms with Crippen molar-refractivity contribution in [2.75, 3.05) is 19.3 Å². The lowest BCUT2D eigenvalue weighted by Gasteiger charge is -2.28. The summed E-state index contributed by atoms with van der Waals surface area (Å²) in [6.45, 7) is 0.144. The fourth-order valence-electron chi connectivity index (χ4n) is 2.69. The Balaban J connectivity index is 2.22. The first-order chi connectivity index (χ1) is 9.82. The van der Waals surface area contributed by atoms with E-state index in [1.54, 1.807) is 0 Å². The van der Waals surface area contributed by atoms with Crippen molar-refractivity contribution in [2.45, 2.75) is 31.3 Å². The third-order valence-corrected chi connectivity index (χ3v) is 3.74. The molecule has 0 unspecified atom stereocenters. The van der Waals surface area contributed by atoms with E-state index in [0.717, 1.165) is 19.0 Å².